The summed E-state index contributed by atoms with van der Waals surface area (Å²) in [6.07, 6.45) is 1.61. The largest absolute Gasteiger partial charge is 0.497 e. The smallest absolute Gasteiger partial charge is 0.245 e. The second-order valence-corrected chi connectivity index (χ2v) is 5.64. The van der Waals surface area contributed by atoms with Gasteiger partial charge in [0.2, 0.25) is 5.95 Å². The van der Waals surface area contributed by atoms with Gasteiger partial charge in [-0.2, -0.15) is 10.1 Å². The highest BCUT2D eigenvalue weighted by molar-refractivity contribution is 5.40. The highest BCUT2D eigenvalue weighted by Crippen LogP contribution is 2.17. The maximum atomic E-state index is 5.16. The zero-order valence-electron chi connectivity index (χ0n) is 14.3. The Labute approximate surface area is 147 Å². The number of anilines is 2. The third-order valence-electron chi connectivity index (χ3n) is 3.84. The van der Waals surface area contributed by atoms with Gasteiger partial charge in [0, 0.05) is 6.54 Å². The van der Waals surface area contributed by atoms with Crippen molar-refractivity contribution in [2.24, 2.45) is 0 Å². The minimum absolute atomic E-state index is 0.0971. The van der Waals surface area contributed by atoms with Crippen molar-refractivity contribution in [3.63, 3.8) is 0 Å². The molecule has 3 aromatic rings. The van der Waals surface area contributed by atoms with Gasteiger partial charge < -0.3 is 15.4 Å². The van der Waals surface area contributed by atoms with E-state index in [1.54, 1.807) is 13.3 Å². The van der Waals surface area contributed by atoms with Crippen LogP contribution in [0, 0.1) is 0 Å². The van der Waals surface area contributed by atoms with Gasteiger partial charge in [-0.3, -0.25) is 0 Å². The lowest BCUT2D eigenvalue weighted by molar-refractivity contribution is 0.414. The van der Waals surface area contributed by atoms with Crippen molar-refractivity contribution in [3.8, 4) is 5.75 Å². The molecule has 0 amide bonds. The molecule has 0 radical (unpaired) electrons. The van der Waals surface area contributed by atoms with Crippen molar-refractivity contribution in [2.75, 3.05) is 17.7 Å². The van der Waals surface area contributed by atoms with Gasteiger partial charge in [0.05, 0.1) is 19.3 Å². The van der Waals surface area contributed by atoms with Gasteiger partial charge >= 0.3 is 0 Å². The SMILES string of the molecule is COc1ccc(CNc2cnnc(NC(C)c3ccccc3)n2)cc1. The van der Waals surface area contributed by atoms with Crippen LogP contribution in [-0.2, 0) is 6.54 Å². The number of aromatic nitrogens is 3. The molecule has 25 heavy (non-hydrogen) atoms. The third kappa shape index (κ3) is 4.67. The van der Waals surface area contributed by atoms with Gasteiger partial charge in [0.1, 0.15) is 5.75 Å². The van der Waals surface area contributed by atoms with E-state index in [2.05, 4.69) is 44.9 Å². The van der Waals surface area contributed by atoms with E-state index in [0.29, 0.717) is 18.3 Å². The van der Waals surface area contributed by atoms with Crippen molar-refractivity contribution >= 4 is 11.8 Å². The molecule has 1 atom stereocenters. The molecule has 0 saturated heterocycles. The number of hydrogen-bond donors (Lipinski definition) is 2. The van der Waals surface area contributed by atoms with Gasteiger partial charge in [-0.25, -0.2) is 0 Å². The van der Waals surface area contributed by atoms with Crippen LogP contribution in [0.1, 0.15) is 24.1 Å². The molecular formula is C19H21N5O. The monoisotopic (exact) mass is 335 g/mol. The molecule has 0 aliphatic rings. The molecule has 1 aromatic heterocycles. The molecule has 0 aliphatic heterocycles. The van der Waals surface area contributed by atoms with Crippen LogP contribution in [0.2, 0.25) is 0 Å². The van der Waals surface area contributed by atoms with Crippen molar-refractivity contribution < 1.29 is 4.74 Å². The van der Waals surface area contributed by atoms with Gasteiger partial charge in [-0.15, -0.1) is 5.10 Å². The zero-order valence-corrected chi connectivity index (χ0v) is 14.3. The second kappa shape index (κ2) is 8.10. The predicted molar refractivity (Wildman–Crippen MR) is 98.6 cm³/mol. The Morgan fingerprint density at radius 2 is 1.80 bits per heavy atom. The van der Waals surface area contributed by atoms with Crippen LogP contribution in [0.25, 0.3) is 0 Å². The number of ether oxygens (including phenoxy) is 1. The molecule has 6 heteroatoms. The van der Waals surface area contributed by atoms with Crippen LogP contribution >= 0.6 is 0 Å². The summed E-state index contributed by atoms with van der Waals surface area (Å²) < 4.78 is 5.16. The molecule has 0 spiro atoms. The third-order valence-corrected chi connectivity index (χ3v) is 3.84. The van der Waals surface area contributed by atoms with Gasteiger partial charge in [-0.05, 0) is 30.2 Å². The Morgan fingerprint density at radius 3 is 2.52 bits per heavy atom. The molecule has 128 valence electrons. The maximum absolute atomic E-state index is 5.16. The molecule has 0 saturated carbocycles. The highest BCUT2D eigenvalue weighted by Gasteiger charge is 2.07. The Kier molecular flexibility index (Phi) is 5.41. The number of methoxy groups -OCH3 is 1. The van der Waals surface area contributed by atoms with E-state index in [9.17, 15) is 0 Å². The van der Waals surface area contributed by atoms with Crippen LogP contribution < -0.4 is 15.4 Å². The number of nitrogens with one attached hydrogen (secondary N) is 2. The van der Waals surface area contributed by atoms with Gasteiger partial charge in [0.25, 0.3) is 0 Å². The zero-order chi connectivity index (χ0) is 17.5. The Morgan fingerprint density at radius 1 is 1.04 bits per heavy atom. The van der Waals surface area contributed by atoms with Crippen molar-refractivity contribution in [1.29, 1.82) is 0 Å². The maximum Gasteiger partial charge on any atom is 0.245 e. The topological polar surface area (TPSA) is 72.0 Å². The lowest BCUT2D eigenvalue weighted by atomic mass is 10.1. The van der Waals surface area contributed by atoms with Crippen LogP contribution in [-0.4, -0.2) is 22.3 Å². The van der Waals surface area contributed by atoms with Crippen LogP contribution in [0.4, 0.5) is 11.8 Å². The summed E-state index contributed by atoms with van der Waals surface area (Å²) in [4.78, 5) is 4.47. The Bertz CT molecular complexity index is 792. The molecule has 2 N–H and O–H groups in total. The first-order chi connectivity index (χ1) is 12.2. The van der Waals surface area contributed by atoms with E-state index < -0.39 is 0 Å². The summed E-state index contributed by atoms with van der Waals surface area (Å²) in [5.74, 6) is 2.01. The van der Waals surface area contributed by atoms with E-state index in [4.69, 9.17) is 4.74 Å². The first kappa shape index (κ1) is 16.7. The number of rotatable bonds is 7. The standard InChI is InChI=1S/C19H21N5O/c1-14(16-6-4-3-5-7-16)22-19-23-18(13-21-24-19)20-12-15-8-10-17(25-2)11-9-15/h3-11,13-14H,12H2,1-2H3,(H2,20,22,23,24). The number of benzene rings is 2. The Hall–Kier alpha value is -3.15. The minimum Gasteiger partial charge on any atom is -0.497 e. The fraction of sp³-hybridized carbons (Fsp3) is 0.211. The summed E-state index contributed by atoms with van der Waals surface area (Å²) in [6, 6.07) is 18.1. The van der Waals surface area contributed by atoms with Gasteiger partial charge in [0.15, 0.2) is 5.82 Å². The summed E-state index contributed by atoms with van der Waals surface area (Å²) in [5, 5.41) is 14.6. The van der Waals surface area contributed by atoms with Crippen LogP contribution in [0.15, 0.2) is 60.8 Å². The van der Waals surface area contributed by atoms with E-state index in [-0.39, 0.29) is 6.04 Å². The van der Waals surface area contributed by atoms with Crippen molar-refractivity contribution in [3.05, 3.63) is 71.9 Å². The summed E-state index contributed by atoms with van der Waals surface area (Å²) >= 11 is 0. The summed E-state index contributed by atoms with van der Waals surface area (Å²) in [6.45, 7) is 2.71. The minimum atomic E-state index is 0.0971. The van der Waals surface area contributed by atoms with Crippen molar-refractivity contribution in [2.45, 2.75) is 19.5 Å². The highest BCUT2D eigenvalue weighted by atomic mass is 16.5. The lowest BCUT2D eigenvalue weighted by Gasteiger charge is -2.14. The molecule has 1 heterocycles. The first-order valence-electron chi connectivity index (χ1n) is 8.12. The average molecular weight is 335 g/mol. The molecule has 0 bridgehead atoms. The summed E-state index contributed by atoms with van der Waals surface area (Å²) in [7, 11) is 1.66. The number of nitrogens with zero attached hydrogens (tertiary/aromatic N) is 3. The van der Waals surface area contributed by atoms with Crippen LogP contribution in [0.5, 0.6) is 5.75 Å². The fourth-order valence-electron chi connectivity index (χ4n) is 2.40. The van der Waals surface area contributed by atoms with E-state index in [1.807, 2.05) is 42.5 Å². The molecular weight excluding hydrogens is 314 g/mol. The molecule has 1 unspecified atom stereocenters. The molecule has 2 aromatic carbocycles. The second-order valence-electron chi connectivity index (χ2n) is 5.64. The molecule has 6 nitrogen and oxygen atoms in total. The molecule has 0 aliphatic carbocycles. The lowest BCUT2D eigenvalue weighted by Crippen LogP contribution is -2.11. The van der Waals surface area contributed by atoms with Crippen molar-refractivity contribution in [1.82, 2.24) is 15.2 Å². The van der Waals surface area contributed by atoms with E-state index >= 15 is 0 Å². The average Bonchev–Trinajstić information content (AvgIpc) is 2.68. The summed E-state index contributed by atoms with van der Waals surface area (Å²) in [5.41, 5.74) is 2.30. The van der Waals surface area contributed by atoms with Crippen LogP contribution in [0.3, 0.4) is 0 Å². The first-order valence-corrected chi connectivity index (χ1v) is 8.12. The predicted octanol–water partition coefficient (Wildman–Crippen LogP) is 3.67. The Balaban J connectivity index is 1.61. The van der Waals surface area contributed by atoms with Gasteiger partial charge in [-0.1, -0.05) is 42.5 Å². The number of hydrogen-bond acceptors (Lipinski definition) is 6. The molecule has 3 rings (SSSR count). The van der Waals surface area contributed by atoms with E-state index in [0.717, 1.165) is 11.3 Å². The molecule has 0 fully saturated rings. The van der Waals surface area contributed by atoms with E-state index in [1.165, 1.54) is 5.56 Å². The quantitative estimate of drug-likeness (QED) is 0.686. The normalized spacial score (nSPS) is 11.6. The fourth-order valence-corrected chi connectivity index (χ4v) is 2.40.